The van der Waals surface area contributed by atoms with Gasteiger partial charge in [-0.25, -0.2) is 0 Å². The lowest BCUT2D eigenvalue weighted by atomic mass is 9.83. The van der Waals surface area contributed by atoms with Gasteiger partial charge in [-0.15, -0.1) is 0 Å². The van der Waals surface area contributed by atoms with Crippen molar-refractivity contribution in [2.45, 2.75) is 44.3 Å². The maximum absolute atomic E-state index is 12.7. The lowest BCUT2D eigenvalue weighted by molar-refractivity contribution is -0.137. The normalized spacial score (nSPS) is 16.9. The molecule has 1 nitrogen and oxygen atoms in total. The number of hydrogen-bond donors (Lipinski definition) is 1. The first-order valence-corrected chi connectivity index (χ1v) is 6.20. The molecule has 0 radical (unpaired) electrons. The van der Waals surface area contributed by atoms with Crippen LogP contribution in [0.3, 0.4) is 0 Å². The maximum Gasteiger partial charge on any atom is 0.416 e. The number of nitrogens with one attached hydrogen (secondary N) is 1. The summed E-state index contributed by atoms with van der Waals surface area (Å²) in [4.78, 5) is 0. The summed E-state index contributed by atoms with van der Waals surface area (Å²) >= 11 is 0. The molecule has 0 heterocycles. The van der Waals surface area contributed by atoms with Gasteiger partial charge in [-0.1, -0.05) is 32.0 Å². The summed E-state index contributed by atoms with van der Waals surface area (Å²) in [6, 6.07) is 6.19. The monoisotopic (exact) mass is 257 g/mol. The summed E-state index contributed by atoms with van der Waals surface area (Å²) in [6.07, 6.45) is -1.91. The summed E-state index contributed by atoms with van der Waals surface area (Å²) in [5, 5.41) is 3.37. The van der Waals surface area contributed by atoms with Crippen LogP contribution in [0.15, 0.2) is 24.3 Å². The molecule has 1 aromatic rings. The maximum atomic E-state index is 12.7. The first-order chi connectivity index (χ1) is 8.29. The molecule has 18 heavy (non-hydrogen) atoms. The van der Waals surface area contributed by atoms with Crippen LogP contribution < -0.4 is 5.32 Å². The molecule has 1 saturated carbocycles. The van der Waals surface area contributed by atoms with Crippen molar-refractivity contribution in [3.63, 3.8) is 0 Å². The Labute approximate surface area is 105 Å². The van der Waals surface area contributed by atoms with Gasteiger partial charge in [-0.2, -0.15) is 13.2 Å². The Morgan fingerprint density at radius 1 is 1.17 bits per heavy atom. The van der Waals surface area contributed by atoms with Crippen molar-refractivity contribution in [2.75, 3.05) is 6.54 Å². The number of alkyl halides is 3. The molecule has 4 heteroatoms. The van der Waals surface area contributed by atoms with Crippen LogP contribution in [0.5, 0.6) is 0 Å². The molecule has 0 aromatic heterocycles. The highest BCUT2D eigenvalue weighted by Gasteiger charge is 2.32. The summed E-state index contributed by atoms with van der Waals surface area (Å²) < 4.78 is 38.0. The van der Waals surface area contributed by atoms with E-state index in [-0.39, 0.29) is 5.41 Å². The molecule has 0 atom stereocenters. The van der Waals surface area contributed by atoms with Crippen molar-refractivity contribution in [1.82, 2.24) is 5.32 Å². The highest BCUT2D eigenvalue weighted by Crippen LogP contribution is 2.33. The molecule has 100 valence electrons. The van der Waals surface area contributed by atoms with E-state index in [4.69, 9.17) is 0 Å². The molecule has 0 saturated heterocycles. The largest absolute Gasteiger partial charge is 0.416 e. The SMILES string of the molecule is CC(C)(CNC1CC1)c1cccc(C(F)(F)F)c1. The Morgan fingerprint density at radius 2 is 1.78 bits per heavy atom. The fraction of sp³-hybridized carbons (Fsp3) is 0.571. The predicted octanol–water partition coefficient (Wildman–Crippen LogP) is 3.74. The van der Waals surface area contributed by atoms with Crippen LogP contribution in [0, 0.1) is 0 Å². The zero-order valence-electron chi connectivity index (χ0n) is 10.6. The average Bonchev–Trinajstić information content (AvgIpc) is 3.09. The number of benzene rings is 1. The third-order valence-electron chi connectivity index (χ3n) is 3.38. The summed E-state index contributed by atoms with van der Waals surface area (Å²) in [6.45, 7) is 4.65. The predicted molar refractivity (Wildman–Crippen MR) is 65.5 cm³/mol. The Bertz CT molecular complexity index is 419. The molecule has 0 amide bonds. The van der Waals surface area contributed by atoms with Gasteiger partial charge in [-0.3, -0.25) is 0 Å². The highest BCUT2D eigenvalue weighted by molar-refractivity contribution is 5.31. The molecule has 0 spiro atoms. The molecule has 0 aliphatic heterocycles. The first kappa shape index (κ1) is 13.4. The summed E-state index contributed by atoms with van der Waals surface area (Å²) in [5.41, 5.74) is -0.130. The zero-order valence-corrected chi connectivity index (χ0v) is 10.6. The van der Waals surface area contributed by atoms with E-state index in [2.05, 4.69) is 5.32 Å². The Kier molecular flexibility index (Phi) is 3.41. The molecule has 0 bridgehead atoms. The molecular formula is C14H18F3N. The van der Waals surface area contributed by atoms with E-state index in [9.17, 15) is 13.2 Å². The van der Waals surface area contributed by atoms with Crippen molar-refractivity contribution in [3.8, 4) is 0 Å². The van der Waals surface area contributed by atoms with Gasteiger partial charge >= 0.3 is 6.18 Å². The Hall–Kier alpha value is -1.03. The fourth-order valence-corrected chi connectivity index (χ4v) is 1.91. The third-order valence-corrected chi connectivity index (χ3v) is 3.38. The molecule has 0 unspecified atom stereocenters. The molecule has 1 aliphatic carbocycles. The third kappa shape index (κ3) is 3.25. The van der Waals surface area contributed by atoms with E-state index < -0.39 is 11.7 Å². The van der Waals surface area contributed by atoms with Crippen molar-refractivity contribution in [2.24, 2.45) is 0 Å². The van der Waals surface area contributed by atoms with Crippen LogP contribution in [0.25, 0.3) is 0 Å². The second-order valence-electron chi connectivity index (χ2n) is 5.62. The van der Waals surface area contributed by atoms with E-state index in [0.29, 0.717) is 12.6 Å². The van der Waals surface area contributed by atoms with Gasteiger partial charge in [-0.05, 0) is 24.5 Å². The second kappa shape index (κ2) is 4.57. The lowest BCUT2D eigenvalue weighted by Crippen LogP contribution is -2.34. The minimum atomic E-state index is -4.27. The van der Waals surface area contributed by atoms with Crippen molar-refractivity contribution < 1.29 is 13.2 Å². The minimum Gasteiger partial charge on any atom is -0.313 e. The van der Waals surface area contributed by atoms with Crippen LogP contribution in [-0.4, -0.2) is 12.6 Å². The zero-order chi connectivity index (χ0) is 13.4. The van der Waals surface area contributed by atoms with E-state index in [1.807, 2.05) is 13.8 Å². The van der Waals surface area contributed by atoms with E-state index in [0.717, 1.165) is 11.6 Å². The molecular weight excluding hydrogens is 239 g/mol. The summed E-state index contributed by atoms with van der Waals surface area (Å²) in [5.74, 6) is 0. The quantitative estimate of drug-likeness (QED) is 0.866. The van der Waals surface area contributed by atoms with Crippen LogP contribution in [0.1, 0.15) is 37.8 Å². The van der Waals surface area contributed by atoms with Gasteiger partial charge in [0.15, 0.2) is 0 Å². The van der Waals surface area contributed by atoms with Gasteiger partial charge in [0, 0.05) is 18.0 Å². The Balaban J connectivity index is 2.15. The van der Waals surface area contributed by atoms with Crippen LogP contribution in [0.2, 0.25) is 0 Å². The highest BCUT2D eigenvalue weighted by atomic mass is 19.4. The van der Waals surface area contributed by atoms with Gasteiger partial charge in [0.1, 0.15) is 0 Å². The van der Waals surface area contributed by atoms with Crippen LogP contribution >= 0.6 is 0 Å². The van der Waals surface area contributed by atoms with Crippen molar-refractivity contribution in [1.29, 1.82) is 0 Å². The molecule has 1 aliphatic rings. The van der Waals surface area contributed by atoms with E-state index in [1.54, 1.807) is 6.07 Å². The van der Waals surface area contributed by atoms with Crippen molar-refractivity contribution in [3.05, 3.63) is 35.4 Å². The minimum absolute atomic E-state index is 0.288. The average molecular weight is 257 g/mol. The topological polar surface area (TPSA) is 12.0 Å². The molecule has 2 rings (SSSR count). The van der Waals surface area contributed by atoms with Gasteiger partial charge in [0.2, 0.25) is 0 Å². The molecule has 1 aromatic carbocycles. The smallest absolute Gasteiger partial charge is 0.313 e. The second-order valence-corrected chi connectivity index (χ2v) is 5.62. The molecule has 1 N–H and O–H groups in total. The van der Waals surface area contributed by atoms with Crippen molar-refractivity contribution >= 4 is 0 Å². The van der Waals surface area contributed by atoms with Crippen LogP contribution in [0.4, 0.5) is 13.2 Å². The molecule has 1 fully saturated rings. The van der Waals surface area contributed by atoms with Gasteiger partial charge in [0.05, 0.1) is 5.56 Å². The Morgan fingerprint density at radius 3 is 2.33 bits per heavy atom. The first-order valence-electron chi connectivity index (χ1n) is 6.20. The summed E-state index contributed by atoms with van der Waals surface area (Å²) in [7, 11) is 0. The number of hydrogen-bond acceptors (Lipinski definition) is 1. The van der Waals surface area contributed by atoms with Crippen LogP contribution in [-0.2, 0) is 11.6 Å². The lowest BCUT2D eigenvalue weighted by Gasteiger charge is -2.26. The number of halogens is 3. The number of rotatable bonds is 4. The van der Waals surface area contributed by atoms with Gasteiger partial charge in [0.25, 0.3) is 0 Å². The van der Waals surface area contributed by atoms with E-state index >= 15 is 0 Å². The van der Waals surface area contributed by atoms with E-state index in [1.165, 1.54) is 25.0 Å². The standard InChI is InChI=1S/C14H18F3N/c1-13(2,9-18-12-6-7-12)10-4-3-5-11(8-10)14(15,16)17/h3-5,8,12,18H,6-7,9H2,1-2H3. The fourth-order valence-electron chi connectivity index (χ4n) is 1.91. The van der Waals surface area contributed by atoms with Gasteiger partial charge < -0.3 is 5.32 Å².